The Morgan fingerprint density at radius 2 is 2.20 bits per heavy atom. The molecular formula is C16H25NO3. The van der Waals surface area contributed by atoms with E-state index in [0.717, 1.165) is 36.4 Å². The summed E-state index contributed by atoms with van der Waals surface area (Å²) in [6.07, 6.45) is 3.45. The van der Waals surface area contributed by atoms with Crippen LogP contribution in [0.25, 0.3) is 0 Å². The van der Waals surface area contributed by atoms with Gasteiger partial charge in [-0.25, -0.2) is 0 Å². The topological polar surface area (TPSA) is 50.7 Å². The van der Waals surface area contributed by atoms with Crippen molar-refractivity contribution in [2.75, 3.05) is 26.9 Å². The highest BCUT2D eigenvalue weighted by molar-refractivity contribution is 5.44. The molecule has 0 radical (unpaired) electrons. The number of aliphatic hydroxyl groups is 1. The molecule has 0 aliphatic rings. The summed E-state index contributed by atoms with van der Waals surface area (Å²) in [5, 5.41) is 12.3. The second kappa shape index (κ2) is 9.39. The lowest BCUT2D eigenvalue weighted by Gasteiger charge is -2.19. The number of nitrogens with one attached hydrogen (secondary N) is 1. The van der Waals surface area contributed by atoms with Gasteiger partial charge in [0, 0.05) is 12.6 Å². The molecule has 0 amide bonds. The van der Waals surface area contributed by atoms with Crippen LogP contribution in [0.5, 0.6) is 11.5 Å². The summed E-state index contributed by atoms with van der Waals surface area (Å²) in [6.45, 7) is 7.32. The summed E-state index contributed by atoms with van der Waals surface area (Å²) in [4.78, 5) is 0. The number of hydrogen-bond acceptors (Lipinski definition) is 4. The largest absolute Gasteiger partial charge is 0.493 e. The van der Waals surface area contributed by atoms with Crippen molar-refractivity contribution in [1.29, 1.82) is 0 Å². The molecule has 20 heavy (non-hydrogen) atoms. The molecule has 2 N–H and O–H groups in total. The van der Waals surface area contributed by atoms with Crippen LogP contribution in [0.2, 0.25) is 0 Å². The molecule has 0 saturated heterocycles. The van der Waals surface area contributed by atoms with Gasteiger partial charge in [0.25, 0.3) is 0 Å². The normalized spacial score (nSPS) is 11.9. The van der Waals surface area contributed by atoms with Gasteiger partial charge in [0.05, 0.1) is 13.7 Å². The van der Waals surface area contributed by atoms with Gasteiger partial charge in [-0.3, -0.25) is 0 Å². The van der Waals surface area contributed by atoms with Crippen molar-refractivity contribution < 1.29 is 14.6 Å². The van der Waals surface area contributed by atoms with Gasteiger partial charge in [0.1, 0.15) is 0 Å². The molecule has 1 unspecified atom stereocenters. The lowest BCUT2D eigenvalue weighted by Crippen LogP contribution is -2.22. The van der Waals surface area contributed by atoms with E-state index in [1.165, 1.54) is 0 Å². The van der Waals surface area contributed by atoms with Crippen LogP contribution in [0.4, 0.5) is 0 Å². The van der Waals surface area contributed by atoms with Gasteiger partial charge in [-0.1, -0.05) is 12.1 Å². The number of methoxy groups -OCH3 is 1. The molecule has 0 heterocycles. The SMILES string of the molecule is C=CCC(NCCCO)c1ccc(OCC)c(OC)c1. The molecule has 112 valence electrons. The van der Waals surface area contributed by atoms with Gasteiger partial charge < -0.3 is 19.9 Å². The van der Waals surface area contributed by atoms with Crippen LogP contribution >= 0.6 is 0 Å². The first kappa shape index (κ1) is 16.5. The highest BCUT2D eigenvalue weighted by Gasteiger charge is 2.12. The molecule has 4 nitrogen and oxygen atoms in total. The lowest BCUT2D eigenvalue weighted by molar-refractivity contribution is 0.283. The minimum absolute atomic E-state index is 0.170. The monoisotopic (exact) mass is 279 g/mol. The van der Waals surface area contributed by atoms with E-state index in [1.54, 1.807) is 7.11 Å². The smallest absolute Gasteiger partial charge is 0.161 e. The lowest BCUT2D eigenvalue weighted by atomic mass is 10.0. The number of aliphatic hydroxyl groups excluding tert-OH is 1. The van der Waals surface area contributed by atoms with Crippen LogP contribution in [0.3, 0.4) is 0 Å². The Balaban J connectivity index is 2.86. The van der Waals surface area contributed by atoms with E-state index in [2.05, 4.69) is 11.9 Å². The first-order valence-electron chi connectivity index (χ1n) is 7.02. The maximum atomic E-state index is 8.86. The molecule has 1 atom stereocenters. The Labute approximate surface area is 121 Å². The van der Waals surface area contributed by atoms with Gasteiger partial charge in [-0.2, -0.15) is 0 Å². The third-order valence-electron chi connectivity index (χ3n) is 3.02. The molecule has 0 saturated carbocycles. The maximum absolute atomic E-state index is 8.86. The number of ether oxygens (including phenoxy) is 2. The fourth-order valence-electron chi connectivity index (χ4n) is 2.03. The second-order valence-electron chi connectivity index (χ2n) is 4.45. The Morgan fingerprint density at radius 1 is 1.40 bits per heavy atom. The average molecular weight is 279 g/mol. The molecule has 0 fully saturated rings. The predicted octanol–water partition coefficient (Wildman–Crippen LogP) is 2.68. The third kappa shape index (κ3) is 4.87. The van der Waals surface area contributed by atoms with E-state index in [9.17, 15) is 0 Å². The third-order valence-corrected chi connectivity index (χ3v) is 3.02. The highest BCUT2D eigenvalue weighted by atomic mass is 16.5. The summed E-state index contributed by atoms with van der Waals surface area (Å²) < 4.78 is 10.9. The minimum atomic E-state index is 0.170. The van der Waals surface area contributed by atoms with E-state index in [-0.39, 0.29) is 12.6 Å². The standard InChI is InChI=1S/C16H25NO3/c1-4-7-14(17-10-6-11-18)13-8-9-15(20-5-2)16(12-13)19-3/h4,8-9,12,14,17-18H,1,5-7,10-11H2,2-3H3. The van der Waals surface area contributed by atoms with Crippen molar-refractivity contribution in [3.8, 4) is 11.5 Å². The quantitative estimate of drug-likeness (QED) is 0.511. The van der Waals surface area contributed by atoms with Crippen molar-refractivity contribution in [3.05, 3.63) is 36.4 Å². The molecule has 0 spiro atoms. The fraction of sp³-hybridized carbons (Fsp3) is 0.500. The summed E-state index contributed by atoms with van der Waals surface area (Å²) in [6, 6.07) is 6.13. The van der Waals surface area contributed by atoms with E-state index in [0.29, 0.717) is 6.61 Å². The van der Waals surface area contributed by atoms with Gasteiger partial charge in [0.15, 0.2) is 11.5 Å². The van der Waals surface area contributed by atoms with E-state index in [1.807, 2.05) is 31.2 Å². The van der Waals surface area contributed by atoms with Gasteiger partial charge in [-0.05, 0) is 44.0 Å². The minimum Gasteiger partial charge on any atom is -0.493 e. The van der Waals surface area contributed by atoms with Crippen molar-refractivity contribution in [2.24, 2.45) is 0 Å². The molecule has 1 aromatic carbocycles. The van der Waals surface area contributed by atoms with Gasteiger partial charge >= 0.3 is 0 Å². The van der Waals surface area contributed by atoms with Crippen LogP contribution in [0, 0.1) is 0 Å². The molecule has 1 aromatic rings. The predicted molar refractivity (Wildman–Crippen MR) is 81.4 cm³/mol. The molecule has 4 heteroatoms. The average Bonchev–Trinajstić information content (AvgIpc) is 2.47. The second-order valence-corrected chi connectivity index (χ2v) is 4.45. The molecule has 0 aliphatic heterocycles. The first-order chi connectivity index (χ1) is 9.76. The van der Waals surface area contributed by atoms with Crippen LogP contribution in [-0.2, 0) is 0 Å². The van der Waals surface area contributed by atoms with Crippen LogP contribution in [0.1, 0.15) is 31.4 Å². The van der Waals surface area contributed by atoms with Crippen LogP contribution in [0.15, 0.2) is 30.9 Å². The summed E-state index contributed by atoms with van der Waals surface area (Å²) in [5.41, 5.74) is 1.13. The number of rotatable bonds is 10. The molecule has 0 bridgehead atoms. The molecule has 0 aliphatic carbocycles. The molecule has 1 rings (SSSR count). The summed E-state index contributed by atoms with van der Waals surface area (Å²) >= 11 is 0. The van der Waals surface area contributed by atoms with E-state index < -0.39 is 0 Å². The zero-order valence-electron chi connectivity index (χ0n) is 12.4. The Bertz CT molecular complexity index is 407. The van der Waals surface area contributed by atoms with Gasteiger partial charge in [0.2, 0.25) is 0 Å². The van der Waals surface area contributed by atoms with Crippen molar-refractivity contribution >= 4 is 0 Å². The number of hydrogen-bond donors (Lipinski definition) is 2. The first-order valence-corrected chi connectivity index (χ1v) is 7.02. The Hall–Kier alpha value is -1.52. The summed E-state index contributed by atoms with van der Waals surface area (Å²) in [5.74, 6) is 1.49. The molecule has 0 aromatic heterocycles. The Kier molecular flexibility index (Phi) is 7.77. The van der Waals surface area contributed by atoms with E-state index in [4.69, 9.17) is 14.6 Å². The zero-order valence-corrected chi connectivity index (χ0v) is 12.4. The molecular weight excluding hydrogens is 254 g/mol. The van der Waals surface area contributed by atoms with Crippen molar-refractivity contribution in [3.63, 3.8) is 0 Å². The van der Waals surface area contributed by atoms with Gasteiger partial charge in [-0.15, -0.1) is 6.58 Å². The fourth-order valence-corrected chi connectivity index (χ4v) is 2.03. The van der Waals surface area contributed by atoms with E-state index >= 15 is 0 Å². The highest BCUT2D eigenvalue weighted by Crippen LogP contribution is 2.31. The Morgan fingerprint density at radius 3 is 2.80 bits per heavy atom. The van der Waals surface area contributed by atoms with Crippen molar-refractivity contribution in [2.45, 2.75) is 25.8 Å². The van der Waals surface area contributed by atoms with Crippen LogP contribution in [-0.4, -0.2) is 32.0 Å². The van der Waals surface area contributed by atoms with Crippen molar-refractivity contribution in [1.82, 2.24) is 5.32 Å². The maximum Gasteiger partial charge on any atom is 0.161 e. The zero-order chi connectivity index (χ0) is 14.8. The van der Waals surface area contributed by atoms with Crippen LogP contribution < -0.4 is 14.8 Å². The summed E-state index contributed by atoms with van der Waals surface area (Å²) in [7, 11) is 1.64. The number of benzene rings is 1.